The van der Waals surface area contributed by atoms with Crippen LogP contribution in [-0.2, 0) is 14.4 Å². The molecule has 0 spiro atoms. The molecule has 33 heavy (non-hydrogen) atoms. The van der Waals surface area contributed by atoms with E-state index in [1.807, 2.05) is 56.3 Å². The molecule has 0 radical (unpaired) electrons. The van der Waals surface area contributed by atoms with Gasteiger partial charge < -0.3 is 10.1 Å². The quantitative estimate of drug-likeness (QED) is 0.360. The molecule has 1 aromatic heterocycles. The van der Waals surface area contributed by atoms with Gasteiger partial charge in [-0.3, -0.25) is 24.3 Å². The summed E-state index contributed by atoms with van der Waals surface area (Å²) in [6, 6.07) is 8.89. The molecular formula is C26H31N3O4. The Morgan fingerprint density at radius 2 is 1.82 bits per heavy atom. The first kappa shape index (κ1) is 23.0. The monoisotopic (exact) mass is 449 g/mol. The average Bonchev–Trinajstić information content (AvgIpc) is 3.07. The highest BCUT2D eigenvalue weighted by atomic mass is 16.5. The number of benzene rings is 1. The van der Waals surface area contributed by atoms with Crippen LogP contribution in [0.5, 0.6) is 5.75 Å². The van der Waals surface area contributed by atoms with Crippen molar-refractivity contribution in [2.75, 3.05) is 13.2 Å². The number of fused-ring (bicyclic) bond motifs is 2. The highest BCUT2D eigenvalue weighted by Crippen LogP contribution is 2.37. The fourth-order valence-corrected chi connectivity index (χ4v) is 4.69. The van der Waals surface area contributed by atoms with Gasteiger partial charge in [-0.1, -0.05) is 44.2 Å². The molecule has 1 N–H and O–H groups in total. The first-order valence-electron chi connectivity index (χ1n) is 11.7. The molecule has 3 unspecified atom stereocenters. The summed E-state index contributed by atoms with van der Waals surface area (Å²) in [7, 11) is 0. The minimum atomic E-state index is -0.765. The van der Waals surface area contributed by atoms with E-state index < -0.39 is 6.04 Å². The average molecular weight is 450 g/mol. The van der Waals surface area contributed by atoms with Gasteiger partial charge in [0.25, 0.3) is 0 Å². The number of hydrogen-bond donors (Lipinski definition) is 1. The Balaban J connectivity index is 1.33. The van der Waals surface area contributed by atoms with Crippen molar-refractivity contribution in [3.63, 3.8) is 0 Å². The van der Waals surface area contributed by atoms with E-state index in [2.05, 4.69) is 10.3 Å². The first-order chi connectivity index (χ1) is 16.0. The van der Waals surface area contributed by atoms with E-state index in [4.69, 9.17) is 4.74 Å². The maximum Gasteiger partial charge on any atom is 0.243 e. The maximum absolute atomic E-state index is 13.0. The van der Waals surface area contributed by atoms with Crippen LogP contribution < -0.4 is 10.1 Å². The molecule has 3 amide bonds. The van der Waals surface area contributed by atoms with Crippen molar-refractivity contribution in [3.8, 4) is 5.75 Å². The molecule has 174 valence electrons. The van der Waals surface area contributed by atoms with Crippen LogP contribution in [0.15, 0.2) is 48.7 Å². The van der Waals surface area contributed by atoms with Crippen LogP contribution in [0.3, 0.4) is 0 Å². The predicted octanol–water partition coefficient (Wildman–Crippen LogP) is 3.49. The fraction of sp³-hybridized carbons (Fsp3) is 0.462. The maximum atomic E-state index is 13.0. The van der Waals surface area contributed by atoms with Crippen molar-refractivity contribution in [2.45, 2.75) is 45.6 Å². The zero-order valence-corrected chi connectivity index (χ0v) is 19.2. The molecule has 4 rings (SSSR count). The van der Waals surface area contributed by atoms with Crippen LogP contribution in [0.1, 0.15) is 39.5 Å². The van der Waals surface area contributed by atoms with Gasteiger partial charge in [0.2, 0.25) is 17.7 Å². The van der Waals surface area contributed by atoms with E-state index in [1.54, 1.807) is 6.20 Å². The molecule has 2 aromatic rings. The number of carbonyl (C=O) groups is 3. The SMILES string of the molecule is CC(C)CC(C(=O)NCCCOc1cccc2cccnc12)N1C(=O)C2CC=CCC2C1=O. The molecule has 7 nitrogen and oxygen atoms in total. The third-order valence-corrected chi connectivity index (χ3v) is 6.32. The van der Waals surface area contributed by atoms with Crippen molar-refractivity contribution in [1.82, 2.24) is 15.2 Å². The van der Waals surface area contributed by atoms with E-state index >= 15 is 0 Å². The normalized spacial score (nSPS) is 20.9. The number of rotatable bonds is 9. The van der Waals surface area contributed by atoms with Crippen LogP contribution in [0.4, 0.5) is 0 Å². The van der Waals surface area contributed by atoms with Gasteiger partial charge in [-0.15, -0.1) is 0 Å². The van der Waals surface area contributed by atoms with Gasteiger partial charge in [-0.05, 0) is 43.7 Å². The smallest absolute Gasteiger partial charge is 0.243 e. The van der Waals surface area contributed by atoms with Crippen molar-refractivity contribution in [1.29, 1.82) is 0 Å². The Kier molecular flexibility index (Phi) is 7.06. The second-order valence-electron chi connectivity index (χ2n) is 9.17. The highest BCUT2D eigenvalue weighted by molar-refractivity contribution is 6.08. The minimum absolute atomic E-state index is 0.171. The standard InChI is InChI=1S/C26H31N3O4/c1-17(2)16-21(29-25(31)19-10-3-4-11-20(19)26(29)32)24(30)28-14-7-15-33-22-12-5-8-18-9-6-13-27-23(18)22/h3-6,8-9,12-13,17,19-21H,7,10-11,14-16H2,1-2H3,(H,28,30). The zero-order valence-electron chi connectivity index (χ0n) is 19.2. The summed E-state index contributed by atoms with van der Waals surface area (Å²) in [5, 5.41) is 3.92. The molecule has 0 saturated carbocycles. The molecule has 1 aliphatic heterocycles. The largest absolute Gasteiger partial charge is 0.491 e. The van der Waals surface area contributed by atoms with E-state index in [0.717, 1.165) is 10.9 Å². The second-order valence-corrected chi connectivity index (χ2v) is 9.17. The number of ether oxygens (including phenoxy) is 1. The summed E-state index contributed by atoms with van der Waals surface area (Å²) in [6.07, 6.45) is 7.84. The molecule has 1 aliphatic carbocycles. The molecule has 1 saturated heterocycles. The third-order valence-electron chi connectivity index (χ3n) is 6.32. The number of allylic oxidation sites excluding steroid dienone is 2. The third kappa shape index (κ3) is 4.92. The lowest BCUT2D eigenvalue weighted by atomic mass is 9.85. The lowest BCUT2D eigenvalue weighted by Crippen LogP contribution is -2.50. The second kappa shape index (κ2) is 10.1. The predicted molar refractivity (Wildman–Crippen MR) is 125 cm³/mol. The van der Waals surface area contributed by atoms with Gasteiger partial charge in [-0.2, -0.15) is 0 Å². The fourth-order valence-electron chi connectivity index (χ4n) is 4.69. The van der Waals surface area contributed by atoms with Crippen molar-refractivity contribution in [2.24, 2.45) is 17.8 Å². The zero-order chi connectivity index (χ0) is 23.4. The number of pyridine rings is 1. The van der Waals surface area contributed by atoms with Crippen LogP contribution >= 0.6 is 0 Å². The summed E-state index contributed by atoms with van der Waals surface area (Å²) in [4.78, 5) is 44.6. The Labute approximate surface area is 194 Å². The Morgan fingerprint density at radius 3 is 2.52 bits per heavy atom. The Morgan fingerprint density at radius 1 is 1.12 bits per heavy atom. The van der Waals surface area contributed by atoms with Crippen molar-refractivity contribution >= 4 is 28.6 Å². The van der Waals surface area contributed by atoms with Gasteiger partial charge in [0, 0.05) is 18.1 Å². The number of nitrogens with one attached hydrogen (secondary N) is 1. The number of nitrogens with zero attached hydrogens (tertiary/aromatic N) is 2. The van der Waals surface area contributed by atoms with Crippen molar-refractivity contribution in [3.05, 3.63) is 48.7 Å². The van der Waals surface area contributed by atoms with Crippen LogP contribution in [-0.4, -0.2) is 46.8 Å². The Bertz CT molecular complexity index is 1030. The molecule has 2 aliphatic rings. The number of para-hydroxylation sites is 1. The molecule has 3 atom stereocenters. The van der Waals surface area contributed by atoms with Gasteiger partial charge in [0.05, 0.1) is 18.4 Å². The van der Waals surface area contributed by atoms with Gasteiger partial charge >= 0.3 is 0 Å². The van der Waals surface area contributed by atoms with E-state index in [1.165, 1.54) is 4.90 Å². The summed E-state index contributed by atoms with van der Waals surface area (Å²) in [5.41, 5.74) is 0.808. The molecule has 2 heterocycles. The summed E-state index contributed by atoms with van der Waals surface area (Å²) in [6.45, 7) is 4.80. The van der Waals surface area contributed by atoms with Crippen molar-refractivity contribution < 1.29 is 19.1 Å². The molecule has 1 fully saturated rings. The van der Waals surface area contributed by atoms with Crippen LogP contribution in [0.2, 0.25) is 0 Å². The number of aromatic nitrogens is 1. The topological polar surface area (TPSA) is 88.6 Å². The first-order valence-corrected chi connectivity index (χ1v) is 11.7. The highest BCUT2D eigenvalue weighted by Gasteiger charge is 2.51. The number of carbonyl (C=O) groups excluding carboxylic acids is 3. The Hall–Kier alpha value is -3.22. The lowest BCUT2D eigenvalue weighted by Gasteiger charge is -2.27. The minimum Gasteiger partial charge on any atom is -0.491 e. The van der Waals surface area contributed by atoms with E-state index in [0.29, 0.717) is 44.6 Å². The number of hydrogen-bond acceptors (Lipinski definition) is 5. The van der Waals surface area contributed by atoms with Gasteiger partial charge in [0.15, 0.2) is 0 Å². The molecule has 7 heteroatoms. The number of likely N-dealkylation sites (tertiary alicyclic amines) is 1. The van der Waals surface area contributed by atoms with E-state index in [9.17, 15) is 14.4 Å². The van der Waals surface area contributed by atoms with Crippen LogP contribution in [0, 0.1) is 17.8 Å². The molecule has 1 aromatic carbocycles. The summed E-state index contributed by atoms with van der Waals surface area (Å²) in [5.74, 6) is -0.459. The lowest BCUT2D eigenvalue weighted by molar-refractivity contribution is -0.148. The van der Waals surface area contributed by atoms with Gasteiger partial charge in [0.1, 0.15) is 17.3 Å². The van der Waals surface area contributed by atoms with Crippen LogP contribution in [0.25, 0.3) is 10.9 Å². The molecule has 0 bridgehead atoms. The number of imide groups is 1. The van der Waals surface area contributed by atoms with Gasteiger partial charge in [-0.25, -0.2) is 0 Å². The number of amides is 3. The summed E-state index contributed by atoms with van der Waals surface area (Å²) < 4.78 is 5.88. The summed E-state index contributed by atoms with van der Waals surface area (Å²) >= 11 is 0. The van der Waals surface area contributed by atoms with E-state index in [-0.39, 0.29) is 35.5 Å². The molecular weight excluding hydrogens is 418 g/mol.